The molecule has 1 amide bonds. The number of ether oxygens (including phenoxy) is 1. The standard InChI is InChI=1S/C19H26FNO4S/c1-12(2)9-17(19(24)25-4)21-18(23)15(11-26-13(3)22)10-14-5-7-16(20)8-6-14/h5-8,12,15,17H,9-11H2,1-4H3,(H,21,23)/t15-,17-/m0/s1. The highest BCUT2D eigenvalue weighted by molar-refractivity contribution is 8.13. The summed E-state index contributed by atoms with van der Waals surface area (Å²) < 4.78 is 17.8. The van der Waals surface area contributed by atoms with Gasteiger partial charge in [0.15, 0.2) is 5.12 Å². The Labute approximate surface area is 158 Å². The monoisotopic (exact) mass is 383 g/mol. The molecule has 0 aliphatic carbocycles. The summed E-state index contributed by atoms with van der Waals surface area (Å²) in [6, 6.07) is 5.15. The molecule has 5 nitrogen and oxygen atoms in total. The molecule has 0 radical (unpaired) electrons. The van der Waals surface area contributed by atoms with Crippen LogP contribution >= 0.6 is 11.8 Å². The lowest BCUT2D eigenvalue weighted by Crippen LogP contribution is -2.46. The normalized spacial score (nSPS) is 13.2. The van der Waals surface area contributed by atoms with Crippen LogP contribution in [0, 0.1) is 17.7 Å². The molecule has 0 saturated carbocycles. The van der Waals surface area contributed by atoms with Gasteiger partial charge in [-0.15, -0.1) is 0 Å². The number of amides is 1. The van der Waals surface area contributed by atoms with Crippen molar-refractivity contribution >= 4 is 28.8 Å². The van der Waals surface area contributed by atoms with Gasteiger partial charge in [-0.2, -0.15) is 0 Å². The fourth-order valence-corrected chi connectivity index (χ4v) is 3.17. The second-order valence-electron chi connectivity index (χ2n) is 6.54. The van der Waals surface area contributed by atoms with Crippen LogP contribution in [0.4, 0.5) is 4.39 Å². The van der Waals surface area contributed by atoms with E-state index in [4.69, 9.17) is 4.74 Å². The molecule has 1 rings (SSSR count). The minimum Gasteiger partial charge on any atom is -0.467 e. The fraction of sp³-hybridized carbons (Fsp3) is 0.526. The van der Waals surface area contributed by atoms with E-state index in [1.54, 1.807) is 12.1 Å². The Morgan fingerprint density at radius 3 is 2.31 bits per heavy atom. The van der Waals surface area contributed by atoms with Gasteiger partial charge in [-0.25, -0.2) is 9.18 Å². The molecule has 0 spiro atoms. The molecular formula is C19H26FNO4S. The zero-order valence-electron chi connectivity index (χ0n) is 15.6. The number of nitrogens with one attached hydrogen (secondary N) is 1. The maximum atomic E-state index is 13.1. The van der Waals surface area contributed by atoms with Crippen molar-refractivity contribution in [1.82, 2.24) is 5.32 Å². The Balaban J connectivity index is 2.88. The third kappa shape index (κ3) is 7.99. The van der Waals surface area contributed by atoms with E-state index in [1.807, 2.05) is 13.8 Å². The minimum absolute atomic E-state index is 0.0893. The SMILES string of the molecule is COC(=O)[C@H](CC(C)C)NC(=O)[C@H](CSC(C)=O)Cc1ccc(F)cc1. The zero-order valence-corrected chi connectivity index (χ0v) is 16.4. The van der Waals surface area contributed by atoms with Crippen molar-refractivity contribution in [2.45, 2.75) is 39.7 Å². The van der Waals surface area contributed by atoms with Crippen LogP contribution < -0.4 is 5.32 Å². The molecule has 2 atom stereocenters. The molecule has 0 unspecified atom stereocenters. The minimum atomic E-state index is -0.731. The molecule has 0 heterocycles. The summed E-state index contributed by atoms with van der Waals surface area (Å²) in [7, 11) is 1.28. The number of halogens is 1. The molecule has 0 aliphatic heterocycles. The number of hydrogen-bond acceptors (Lipinski definition) is 5. The average molecular weight is 383 g/mol. The predicted octanol–water partition coefficient (Wildman–Crippen LogP) is 2.97. The molecule has 0 saturated heterocycles. The smallest absolute Gasteiger partial charge is 0.328 e. The van der Waals surface area contributed by atoms with Gasteiger partial charge in [-0.3, -0.25) is 9.59 Å². The van der Waals surface area contributed by atoms with Crippen LogP contribution in [0.5, 0.6) is 0 Å². The number of esters is 1. The van der Waals surface area contributed by atoms with Crippen molar-refractivity contribution in [1.29, 1.82) is 0 Å². The predicted molar refractivity (Wildman–Crippen MR) is 100 cm³/mol. The topological polar surface area (TPSA) is 72.5 Å². The lowest BCUT2D eigenvalue weighted by molar-refractivity contribution is -0.146. The van der Waals surface area contributed by atoms with E-state index < -0.39 is 17.9 Å². The van der Waals surface area contributed by atoms with Crippen LogP contribution in [0.1, 0.15) is 32.8 Å². The second kappa shape index (κ2) is 11.0. The Morgan fingerprint density at radius 1 is 1.19 bits per heavy atom. The number of thioether (sulfide) groups is 1. The first kappa shape index (κ1) is 22.2. The number of carbonyl (C=O) groups is 3. The van der Waals surface area contributed by atoms with E-state index >= 15 is 0 Å². The number of hydrogen-bond donors (Lipinski definition) is 1. The molecular weight excluding hydrogens is 357 g/mol. The van der Waals surface area contributed by atoms with E-state index in [0.29, 0.717) is 12.8 Å². The molecule has 1 aromatic rings. The number of benzene rings is 1. The Bertz CT molecular complexity index is 618. The zero-order chi connectivity index (χ0) is 19.7. The van der Waals surface area contributed by atoms with Gasteiger partial charge in [0.2, 0.25) is 5.91 Å². The van der Waals surface area contributed by atoms with E-state index in [9.17, 15) is 18.8 Å². The lowest BCUT2D eigenvalue weighted by atomic mass is 9.98. The summed E-state index contributed by atoms with van der Waals surface area (Å²) >= 11 is 1.06. The molecule has 0 bridgehead atoms. The van der Waals surface area contributed by atoms with Gasteiger partial charge in [0.25, 0.3) is 0 Å². The molecule has 0 aromatic heterocycles. The Kier molecular flexibility index (Phi) is 9.34. The molecule has 1 N–H and O–H groups in total. The molecule has 26 heavy (non-hydrogen) atoms. The van der Waals surface area contributed by atoms with Crippen molar-refractivity contribution in [3.8, 4) is 0 Å². The first-order chi connectivity index (χ1) is 12.2. The van der Waals surface area contributed by atoms with Crippen LogP contribution in [0.15, 0.2) is 24.3 Å². The van der Waals surface area contributed by atoms with E-state index in [1.165, 1.54) is 26.2 Å². The van der Waals surface area contributed by atoms with Crippen molar-refractivity contribution < 1.29 is 23.5 Å². The third-order valence-corrected chi connectivity index (χ3v) is 4.74. The van der Waals surface area contributed by atoms with E-state index in [2.05, 4.69) is 5.32 Å². The van der Waals surface area contributed by atoms with Gasteiger partial charge in [-0.05, 0) is 36.5 Å². The number of methoxy groups -OCH3 is 1. The number of carbonyl (C=O) groups excluding carboxylic acids is 3. The van der Waals surface area contributed by atoms with Gasteiger partial charge in [0.05, 0.1) is 13.0 Å². The van der Waals surface area contributed by atoms with Gasteiger partial charge in [-0.1, -0.05) is 37.7 Å². The largest absolute Gasteiger partial charge is 0.467 e. The maximum Gasteiger partial charge on any atom is 0.328 e. The second-order valence-corrected chi connectivity index (χ2v) is 7.74. The molecule has 1 aromatic carbocycles. The number of rotatable bonds is 9. The first-order valence-electron chi connectivity index (χ1n) is 8.49. The van der Waals surface area contributed by atoms with Crippen molar-refractivity contribution in [2.75, 3.05) is 12.9 Å². The van der Waals surface area contributed by atoms with Crippen molar-refractivity contribution in [2.24, 2.45) is 11.8 Å². The quantitative estimate of drug-likeness (QED) is 0.664. The van der Waals surface area contributed by atoms with Gasteiger partial charge in [0, 0.05) is 12.7 Å². The molecule has 7 heteroatoms. The molecule has 144 valence electrons. The van der Waals surface area contributed by atoms with Gasteiger partial charge >= 0.3 is 5.97 Å². The highest BCUT2D eigenvalue weighted by atomic mass is 32.2. The van der Waals surface area contributed by atoms with Crippen LogP contribution in [0.25, 0.3) is 0 Å². The Hall–Kier alpha value is -1.89. The summed E-state index contributed by atoms with van der Waals surface area (Å²) in [6.45, 7) is 5.33. The lowest BCUT2D eigenvalue weighted by Gasteiger charge is -2.22. The van der Waals surface area contributed by atoms with Crippen LogP contribution in [-0.4, -0.2) is 35.9 Å². The summed E-state index contributed by atoms with van der Waals surface area (Å²) in [5.41, 5.74) is 0.786. The summed E-state index contributed by atoms with van der Waals surface area (Å²) in [4.78, 5) is 35.9. The fourth-order valence-electron chi connectivity index (χ4n) is 2.47. The van der Waals surface area contributed by atoms with E-state index in [-0.39, 0.29) is 28.5 Å². The highest BCUT2D eigenvalue weighted by Gasteiger charge is 2.27. The van der Waals surface area contributed by atoms with Gasteiger partial charge in [0.1, 0.15) is 11.9 Å². The van der Waals surface area contributed by atoms with Crippen LogP contribution in [0.2, 0.25) is 0 Å². The first-order valence-corrected chi connectivity index (χ1v) is 9.47. The van der Waals surface area contributed by atoms with Crippen LogP contribution in [0.3, 0.4) is 0 Å². The summed E-state index contributed by atoms with van der Waals surface area (Å²) in [6.07, 6.45) is 0.809. The van der Waals surface area contributed by atoms with Crippen LogP contribution in [-0.2, 0) is 25.5 Å². The molecule has 0 fully saturated rings. The van der Waals surface area contributed by atoms with Gasteiger partial charge < -0.3 is 10.1 Å². The summed E-state index contributed by atoms with van der Waals surface area (Å²) in [5, 5.41) is 2.65. The Morgan fingerprint density at radius 2 is 1.81 bits per heavy atom. The highest BCUT2D eigenvalue weighted by Crippen LogP contribution is 2.17. The average Bonchev–Trinajstić information content (AvgIpc) is 2.58. The van der Waals surface area contributed by atoms with Crippen molar-refractivity contribution in [3.05, 3.63) is 35.6 Å². The maximum absolute atomic E-state index is 13.1. The molecule has 0 aliphatic rings. The van der Waals surface area contributed by atoms with Crippen molar-refractivity contribution in [3.63, 3.8) is 0 Å². The summed E-state index contributed by atoms with van der Waals surface area (Å²) in [5.74, 6) is -1.20. The van der Waals surface area contributed by atoms with E-state index in [0.717, 1.165) is 17.3 Å². The third-order valence-electron chi connectivity index (χ3n) is 3.76.